The lowest BCUT2D eigenvalue weighted by Crippen LogP contribution is -2.38. The Morgan fingerprint density at radius 2 is 1.83 bits per heavy atom. The van der Waals surface area contributed by atoms with Crippen LogP contribution in [0.3, 0.4) is 0 Å². The summed E-state index contributed by atoms with van der Waals surface area (Å²) in [6, 6.07) is 10.2. The normalized spacial score (nSPS) is 15.2. The fraction of sp³-hybridized carbons (Fsp3) is 0.409. The van der Waals surface area contributed by atoms with Crippen molar-refractivity contribution in [3.05, 3.63) is 59.4 Å². The third-order valence-electron chi connectivity index (χ3n) is 5.40. The molecule has 0 atom stereocenters. The summed E-state index contributed by atoms with van der Waals surface area (Å²) in [7, 11) is -2.35. The van der Waals surface area contributed by atoms with Crippen molar-refractivity contribution in [2.45, 2.75) is 31.1 Å². The van der Waals surface area contributed by atoms with Crippen LogP contribution in [0.15, 0.2) is 47.4 Å². The molecule has 1 aliphatic heterocycles. The topological polar surface area (TPSA) is 75.7 Å². The standard InChI is InChI=1S/C22H27FN2O4S/c1-16-10-13-25(14-11-16)22(26)20-15-19(7-8-21(20)29-2)30(27,28)24-12-9-17-3-5-18(23)6-4-17/h3-8,15-16,24H,9-14H2,1-2H3. The Morgan fingerprint density at radius 1 is 1.17 bits per heavy atom. The summed E-state index contributed by atoms with van der Waals surface area (Å²) in [5, 5.41) is 0. The average molecular weight is 435 g/mol. The summed E-state index contributed by atoms with van der Waals surface area (Å²) < 4.78 is 46.3. The van der Waals surface area contributed by atoms with Crippen molar-refractivity contribution in [1.29, 1.82) is 0 Å². The van der Waals surface area contributed by atoms with E-state index in [-0.39, 0.29) is 28.7 Å². The third kappa shape index (κ3) is 5.37. The van der Waals surface area contributed by atoms with E-state index in [1.807, 2.05) is 0 Å². The molecule has 1 N–H and O–H groups in total. The number of halogens is 1. The van der Waals surface area contributed by atoms with Gasteiger partial charge in [-0.1, -0.05) is 19.1 Å². The first kappa shape index (κ1) is 22.2. The van der Waals surface area contributed by atoms with Crippen LogP contribution >= 0.6 is 0 Å². The molecule has 0 bridgehead atoms. The molecule has 0 spiro atoms. The zero-order valence-corrected chi connectivity index (χ0v) is 18.0. The molecule has 1 aliphatic rings. The van der Waals surface area contributed by atoms with Gasteiger partial charge in [-0.05, 0) is 61.1 Å². The van der Waals surface area contributed by atoms with E-state index >= 15 is 0 Å². The van der Waals surface area contributed by atoms with Gasteiger partial charge in [-0.2, -0.15) is 0 Å². The molecule has 0 saturated carbocycles. The van der Waals surface area contributed by atoms with Crippen molar-refractivity contribution < 1.29 is 22.3 Å². The lowest BCUT2D eigenvalue weighted by atomic mass is 9.98. The maximum Gasteiger partial charge on any atom is 0.257 e. The SMILES string of the molecule is COc1ccc(S(=O)(=O)NCCc2ccc(F)cc2)cc1C(=O)N1CCC(C)CC1. The fourth-order valence-corrected chi connectivity index (χ4v) is 4.53. The van der Waals surface area contributed by atoms with Gasteiger partial charge in [0, 0.05) is 19.6 Å². The highest BCUT2D eigenvalue weighted by molar-refractivity contribution is 7.89. The van der Waals surface area contributed by atoms with Gasteiger partial charge in [0.2, 0.25) is 10.0 Å². The molecule has 2 aromatic carbocycles. The van der Waals surface area contributed by atoms with Gasteiger partial charge in [-0.3, -0.25) is 4.79 Å². The van der Waals surface area contributed by atoms with Crippen LogP contribution in [0.4, 0.5) is 4.39 Å². The number of methoxy groups -OCH3 is 1. The van der Waals surface area contributed by atoms with Crippen LogP contribution < -0.4 is 9.46 Å². The molecule has 0 aliphatic carbocycles. The summed E-state index contributed by atoms with van der Waals surface area (Å²) in [4.78, 5) is 14.7. The van der Waals surface area contributed by atoms with Crippen LogP contribution in [0.1, 0.15) is 35.7 Å². The number of likely N-dealkylation sites (tertiary alicyclic amines) is 1. The molecule has 6 nitrogen and oxygen atoms in total. The number of carbonyl (C=O) groups excluding carboxylic acids is 1. The highest BCUT2D eigenvalue weighted by Gasteiger charge is 2.26. The van der Waals surface area contributed by atoms with Gasteiger partial charge < -0.3 is 9.64 Å². The maximum atomic E-state index is 13.0. The molecule has 0 unspecified atom stereocenters. The van der Waals surface area contributed by atoms with Crippen LogP contribution in [-0.4, -0.2) is 46.0 Å². The van der Waals surface area contributed by atoms with Crippen LogP contribution in [0.5, 0.6) is 5.75 Å². The second kappa shape index (κ2) is 9.57. The minimum atomic E-state index is -3.81. The van der Waals surface area contributed by atoms with E-state index in [0.717, 1.165) is 18.4 Å². The number of hydrogen-bond acceptors (Lipinski definition) is 4. The minimum absolute atomic E-state index is 0.0103. The van der Waals surface area contributed by atoms with Gasteiger partial charge >= 0.3 is 0 Å². The lowest BCUT2D eigenvalue weighted by Gasteiger charge is -2.30. The molecule has 8 heteroatoms. The molecule has 1 amide bonds. The number of ether oxygens (including phenoxy) is 1. The van der Waals surface area contributed by atoms with Gasteiger partial charge in [-0.15, -0.1) is 0 Å². The first-order valence-electron chi connectivity index (χ1n) is 10.0. The number of piperidine rings is 1. The van der Waals surface area contributed by atoms with Crippen LogP contribution in [0.25, 0.3) is 0 Å². The zero-order valence-electron chi connectivity index (χ0n) is 17.2. The number of hydrogen-bond donors (Lipinski definition) is 1. The molecule has 3 rings (SSSR count). The van der Waals surface area contributed by atoms with Gasteiger partial charge in [-0.25, -0.2) is 17.5 Å². The highest BCUT2D eigenvalue weighted by atomic mass is 32.2. The van der Waals surface area contributed by atoms with E-state index in [1.165, 1.54) is 37.4 Å². The van der Waals surface area contributed by atoms with Crippen LogP contribution in [0.2, 0.25) is 0 Å². The molecule has 30 heavy (non-hydrogen) atoms. The van der Waals surface area contributed by atoms with Crippen LogP contribution in [-0.2, 0) is 16.4 Å². The summed E-state index contributed by atoms with van der Waals surface area (Å²) >= 11 is 0. The fourth-order valence-electron chi connectivity index (χ4n) is 3.47. The number of amides is 1. The Morgan fingerprint density at radius 3 is 2.47 bits per heavy atom. The van der Waals surface area contributed by atoms with E-state index < -0.39 is 10.0 Å². The van der Waals surface area contributed by atoms with Gasteiger partial charge in [0.05, 0.1) is 17.6 Å². The second-order valence-electron chi connectivity index (χ2n) is 7.61. The number of carbonyl (C=O) groups is 1. The molecule has 2 aromatic rings. The van der Waals surface area contributed by atoms with Crippen molar-refractivity contribution in [1.82, 2.24) is 9.62 Å². The second-order valence-corrected chi connectivity index (χ2v) is 9.38. The quantitative estimate of drug-likeness (QED) is 0.726. The number of sulfonamides is 1. The van der Waals surface area contributed by atoms with E-state index in [9.17, 15) is 17.6 Å². The summed E-state index contributed by atoms with van der Waals surface area (Å²) in [6.45, 7) is 3.62. The molecule has 0 aromatic heterocycles. The smallest absolute Gasteiger partial charge is 0.257 e. The Labute approximate surface area is 177 Å². The van der Waals surface area contributed by atoms with Crippen molar-refractivity contribution in [2.24, 2.45) is 5.92 Å². The molecule has 0 radical (unpaired) electrons. The number of nitrogens with zero attached hydrogens (tertiary/aromatic N) is 1. The first-order chi connectivity index (χ1) is 14.3. The first-order valence-corrected chi connectivity index (χ1v) is 11.5. The van der Waals surface area contributed by atoms with Crippen molar-refractivity contribution in [3.63, 3.8) is 0 Å². The molecule has 1 saturated heterocycles. The average Bonchev–Trinajstić information content (AvgIpc) is 2.74. The molecule has 1 heterocycles. The molecular weight excluding hydrogens is 407 g/mol. The molecule has 1 fully saturated rings. The van der Waals surface area contributed by atoms with E-state index in [4.69, 9.17) is 4.74 Å². The minimum Gasteiger partial charge on any atom is -0.496 e. The Kier molecular flexibility index (Phi) is 7.10. The van der Waals surface area contributed by atoms with Crippen molar-refractivity contribution >= 4 is 15.9 Å². The highest BCUT2D eigenvalue weighted by Crippen LogP contribution is 2.26. The third-order valence-corrected chi connectivity index (χ3v) is 6.86. The van der Waals surface area contributed by atoms with Gasteiger partial charge in [0.1, 0.15) is 11.6 Å². The van der Waals surface area contributed by atoms with Gasteiger partial charge in [0.25, 0.3) is 5.91 Å². The van der Waals surface area contributed by atoms with E-state index in [0.29, 0.717) is 31.2 Å². The summed E-state index contributed by atoms with van der Waals surface area (Å²) in [5.41, 5.74) is 1.07. The Balaban J connectivity index is 1.73. The maximum absolute atomic E-state index is 13.0. The predicted octanol–water partition coefficient (Wildman–Crippen LogP) is 3.23. The number of rotatable bonds is 7. The summed E-state index contributed by atoms with van der Waals surface area (Å²) in [6.07, 6.45) is 2.28. The number of nitrogens with one attached hydrogen (secondary N) is 1. The molecular formula is C22H27FN2O4S. The van der Waals surface area contributed by atoms with E-state index in [2.05, 4.69) is 11.6 Å². The van der Waals surface area contributed by atoms with Crippen molar-refractivity contribution in [3.8, 4) is 5.75 Å². The van der Waals surface area contributed by atoms with E-state index in [1.54, 1.807) is 17.0 Å². The predicted molar refractivity (Wildman–Crippen MR) is 113 cm³/mol. The Bertz CT molecular complexity index is 985. The monoisotopic (exact) mass is 434 g/mol. The lowest BCUT2D eigenvalue weighted by molar-refractivity contribution is 0.0693. The number of benzene rings is 2. The summed E-state index contributed by atoms with van der Waals surface area (Å²) in [5.74, 6) is 0.372. The van der Waals surface area contributed by atoms with Crippen LogP contribution in [0, 0.1) is 11.7 Å². The van der Waals surface area contributed by atoms with Gasteiger partial charge in [0.15, 0.2) is 0 Å². The molecule has 162 valence electrons. The zero-order chi connectivity index (χ0) is 21.7. The Hall–Kier alpha value is -2.45. The largest absolute Gasteiger partial charge is 0.496 e. The van der Waals surface area contributed by atoms with Crippen molar-refractivity contribution in [2.75, 3.05) is 26.7 Å².